The molecule has 66 valence electrons. The van der Waals surface area contributed by atoms with Gasteiger partial charge in [0.2, 0.25) is 6.03 Å². The van der Waals surface area contributed by atoms with Crippen molar-refractivity contribution in [3.05, 3.63) is 0 Å². The average molecular weight is 178 g/mol. The zero-order valence-corrected chi connectivity index (χ0v) is 8.14. The SMILES string of the molecule is CCC1COC(P(C)(C)=O)O1. The van der Waals surface area contributed by atoms with E-state index in [2.05, 4.69) is 0 Å². The van der Waals surface area contributed by atoms with E-state index in [1.165, 1.54) is 0 Å². The first-order valence-corrected chi connectivity index (χ1v) is 6.52. The highest BCUT2D eigenvalue weighted by molar-refractivity contribution is 7.62. The standard InChI is InChI=1S/C7H15O3P/c1-4-6-5-9-7(10-6)11(2,3)8/h6-7H,4-5H2,1-3H3. The zero-order chi connectivity index (χ0) is 8.48. The van der Waals surface area contributed by atoms with Gasteiger partial charge in [0.05, 0.1) is 12.7 Å². The van der Waals surface area contributed by atoms with Gasteiger partial charge < -0.3 is 14.0 Å². The normalized spacial score (nSPS) is 32.6. The first-order valence-electron chi connectivity index (χ1n) is 3.85. The summed E-state index contributed by atoms with van der Waals surface area (Å²) >= 11 is 0. The second-order valence-corrected chi connectivity index (χ2v) is 6.53. The minimum absolute atomic E-state index is 0.147. The molecule has 0 aliphatic carbocycles. The van der Waals surface area contributed by atoms with Gasteiger partial charge in [-0.05, 0) is 19.8 Å². The molecule has 1 rings (SSSR count). The van der Waals surface area contributed by atoms with Gasteiger partial charge in [0, 0.05) is 0 Å². The highest BCUT2D eigenvalue weighted by atomic mass is 31.2. The largest absolute Gasteiger partial charge is 0.343 e. The molecule has 0 bridgehead atoms. The molecule has 1 aliphatic rings. The lowest BCUT2D eigenvalue weighted by molar-refractivity contribution is 0.00468. The van der Waals surface area contributed by atoms with Crippen molar-refractivity contribution in [2.45, 2.75) is 25.5 Å². The van der Waals surface area contributed by atoms with Crippen LogP contribution in [0.5, 0.6) is 0 Å². The molecule has 2 unspecified atom stereocenters. The molecule has 2 atom stereocenters. The summed E-state index contributed by atoms with van der Waals surface area (Å²) in [6.07, 6.45) is 1.07. The minimum Gasteiger partial charge on any atom is -0.343 e. The van der Waals surface area contributed by atoms with Gasteiger partial charge >= 0.3 is 0 Å². The van der Waals surface area contributed by atoms with Crippen molar-refractivity contribution in [2.75, 3.05) is 19.9 Å². The zero-order valence-electron chi connectivity index (χ0n) is 7.24. The molecule has 0 aromatic heterocycles. The van der Waals surface area contributed by atoms with Crippen LogP contribution < -0.4 is 0 Å². The predicted molar refractivity (Wildman–Crippen MR) is 44.4 cm³/mol. The number of ether oxygens (including phenoxy) is 2. The molecule has 0 spiro atoms. The van der Waals surface area contributed by atoms with Gasteiger partial charge in [-0.25, -0.2) is 0 Å². The maximum Gasteiger partial charge on any atom is 0.211 e. The first kappa shape index (κ1) is 9.24. The highest BCUT2D eigenvalue weighted by Gasteiger charge is 2.33. The predicted octanol–water partition coefficient (Wildman–Crippen LogP) is 1.72. The van der Waals surface area contributed by atoms with E-state index < -0.39 is 13.2 Å². The summed E-state index contributed by atoms with van der Waals surface area (Å²) < 4.78 is 22.1. The molecule has 0 aromatic rings. The molecule has 0 aromatic carbocycles. The second kappa shape index (κ2) is 3.26. The quantitative estimate of drug-likeness (QED) is 0.604. The summed E-state index contributed by atoms with van der Waals surface area (Å²) in [5.41, 5.74) is 0. The van der Waals surface area contributed by atoms with Gasteiger partial charge in [-0.1, -0.05) is 6.92 Å². The van der Waals surface area contributed by atoms with Crippen molar-refractivity contribution >= 4 is 7.14 Å². The second-order valence-electron chi connectivity index (χ2n) is 3.24. The molecule has 0 N–H and O–H groups in total. The molecule has 1 heterocycles. The van der Waals surface area contributed by atoms with Crippen LogP contribution in [0.2, 0.25) is 0 Å². The fourth-order valence-corrected chi connectivity index (χ4v) is 1.88. The Morgan fingerprint density at radius 3 is 2.45 bits per heavy atom. The Hall–Kier alpha value is 0.150. The number of rotatable bonds is 2. The Balaban J connectivity index is 2.48. The third-order valence-corrected chi connectivity index (χ3v) is 2.98. The van der Waals surface area contributed by atoms with Crippen LogP contribution in [-0.2, 0) is 14.0 Å². The van der Waals surface area contributed by atoms with Crippen molar-refractivity contribution in [3.63, 3.8) is 0 Å². The molecule has 3 nitrogen and oxygen atoms in total. The molecule has 1 aliphatic heterocycles. The lowest BCUT2D eigenvalue weighted by atomic mass is 10.3. The Morgan fingerprint density at radius 2 is 2.18 bits per heavy atom. The van der Waals surface area contributed by atoms with Gasteiger partial charge in [-0.2, -0.15) is 0 Å². The van der Waals surface area contributed by atoms with Crippen molar-refractivity contribution in [3.8, 4) is 0 Å². The maximum absolute atomic E-state index is 11.4. The number of hydrogen-bond donors (Lipinski definition) is 0. The van der Waals surface area contributed by atoms with Crippen molar-refractivity contribution in [1.82, 2.24) is 0 Å². The molecule has 1 saturated heterocycles. The first-order chi connectivity index (χ1) is 5.04. The van der Waals surface area contributed by atoms with Gasteiger partial charge in [-0.15, -0.1) is 0 Å². The van der Waals surface area contributed by atoms with Crippen LogP contribution in [0.15, 0.2) is 0 Å². The van der Waals surface area contributed by atoms with Crippen LogP contribution in [0.25, 0.3) is 0 Å². The monoisotopic (exact) mass is 178 g/mol. The minimum atomic E-state index is -2.21. The smallest absolute Gasteiger partial charge is 0.211 e. The van der Waals surface area contributed by atoms with E-state index in [-0.39, 0.29) is 6.10 Å². The Labute approximate surface area is 67.4 Å². The fourth-order valence-electron chi connectivity index (χ4n) is 0.973. The van der Waals surface area contributed by atoms with E-state index in [9.17, 15) is 4.57 Å². The van der Waals surface area contributed by atoms with E-state index in [1.54, 1.807) is 13.3 Å². The van der Waals surface area contributed by atoms with Crippen LogP contribution in [0.3, 0.4) is 0 Å². The Bertz CT molecular complexity index is 175. The van der Waals surface area contributed by atoms with Crippen LogP contribution >= 0.6 is 7.14 Å². The van der Waals surface area contributed by atoms with Gasteiger partial charge in [0.15, 0.2) is 0 Å². The third kappa shape index (κ3) is 2.29. The summed E-state index contributed by atoms with van der Waals surface area (Å²) in [5.74, 6) is 0. The Morgan fingerprint density at radius 1 is 1.55 bits per heavy atom. The highest BCUT2D eigenvalue weighted by Crippen LogP contribution is 2.46. The summed E-state index contributed by atoms with van der Waals surface area (Å²) in [6.45, 7) is 6.00. The fraction of sp³-hybridized carbons (Fsp3) is 1.00. The van der Waals surface area contributed by atoms with Gasteiger partial charge in [0.25, 0.3) is 0 Å². The van der Waals surface area contributed by atoms with Gasteiger partial charge in [-0.3, -0.25) is 0 Å². The summed E-state index contributed by atoms with van der Waals surface area (Å²) in [7, 11) is -2.21. The summed E-state index contributed by atoms with van der Waals surface area (Å²) in [4.78, 5) is 0. The van der Waals surface area contributed by atoms with E-state index >= 15 is 0 Å². The molecule has 0 radical (unpaired) electrons. The van der Waals surface area contributed by atoms with Crippen molar-refractivity contribution < 1.29 is 14.0 Å². The third-order valence-electron chi connectivity index (χ3n) is 1.70. The van der Waals surface area contributed by atoms with E-state index in [0.29, 0.717) is 6.61 Å². The Kier molecular flexibility index (Phi) is 2.74. The van der Waals surface area contributed by atoms with Crippen LogP contribution in [-0.4, -0.2) is 32.1 Å². The molecule has 11 heavy (non-hydrogen) atoms. The van der Waals surface area contributed by atoms with Crippen LogP contribution in [0.1, 0.15) is 13.3 Å². The average Bonchev–Trinajstić information content (AvgIpc) is 2.32. The van der Waals surface area contributed by atoms with E-state index in [4.69, 9.17) is 9.47 Å². The maximum atomic E-state index is 11.4. The number of hydrogen-bond acceptors (Lipinski definition) is 3. The van der Waals surface area contributed by atoms with E-state index in [0.717, 1.165) is 6.42 Å². The topological polar surface area (TPSA) is 35.5 Å². The molecule has 0 saturated carbocycles. The van der Waals surface area contributed by atoms with Crippen molar-refractivity contribution in [1.29, 1.82) is 0 Å². The van der Waals surface area contributed by atoms with Crippen LogP contribution in [0.4, 0.5) is 0 Å². The van der Waals surface area contributed by atoms with Gasteiger partial charge in [0.1, 0.15) is 7.14 Å². The summed E-state index contributed by atoms with van der Waals surface area (Å²) in [6, 6.07) is -0.451. The van der Waals surface area contributed by atoms with Crippen LogP contribution in [0, 0.1) is 0 Å². The summed E-state index contributed by atoms with van der Waals surface area (Å²) in [5, 5.41) is 0. The van der Waals surface area contributed by atoms with Crippen molar-refractivity contribution in [2.24, 2.45) is 0 Å². The molecule has 1 fully saturated rings. The lowest BCUT2D eigenvalue weighted by Gasteiger charge is -2.14. The molecular formula is C7H15O3P. The van der Waals surface area contributed by atoms with E-state index in [1.807, 2.05) is 6.92 Å². The molecule has 4 heteroatoms. The lowest BCUT2D eigenvalue weighted by Crippen LogP contribution is -2.10. The molecule has 0 amide bonds. The molecular weight excluding hydrogens is 163 g/mol.